The maximum atomic E-state index is 12.4. The Morgan fingerprint density at radius 1 is 1.29 bits per heavy atom. The highest BCUT2D eigenvalue weighted by Crippen LogP contribution is 2.36. The first-order valence-electron chi connectivity index (χ1n) is 7.77. The number of carbonyl (C=O) groups excluding carboxylic acids is 1. The van der Waals surface area contributed by atoms with Crippen LogP contribution in [0.15, 0.2) is 30.3 Å². The Hall–Kier alpha value is -1.39. The second-order valence-electron chi connectivity index (χ2n) is 6.23. The number of aliphatic hydroxyl groups is 1. The van der Waals surface area contributed by atoms with Crippen molar-refractivity contribution in [1.82, 2.24) is 4.90 Å². The molecular formula is C17H23NO3. The van der Waals surface area contributed by atoms with Gasteiger partial charge in [0.15, 0.2) is 0 Å². The van der Waals surface area contributed by atoms with Crippen LogP contribution in [0.1, 0.15) is 37.2 Å². The van der Waals surface area contributed by atoms with Crippen molar-refractivity contribution in [2.45, 2.75) is 49.8 Å². The smallest absolute Gasteiger partial charge is 0.316 e. The SMILES string of the molecule is CN1C2CC[C@H]1CC(OC(=O)C(CO)c1ccccc1)C2. The summed E-state index contributed by atoms with van der Waals surface area (Å²) >= 11 is 0. The van der Waals surface area contributed by atoms with Crippen molar-refractivity contribution in [1.29, 1.82) is 0 Å². The number of rotatable bonds is 4. The van der Waals surface area contributed by atoms with Crippen molar-refractivity contribution in [2.75, 3.05) is 13.7 Å². The number of hydrogen-bond donors (Lipinski definition) is 1. The summed E-state index contributed by atoms with van der Waals surface area (Å²) in [6.07, 6.45) is 4.26. The van der Waals surface area contributed by atoms with Gasteiger partial charge in [-0.2, -0.15) is 0 Å². The van der Waals surface area contributed by atoms with Crippen LogP contribution in [0, 0.1) is 0 Å². The number of fused-ring (bicyclic) bond motifs is 2. The molecule has 0 spiro atoms. The van der Waals surface area contributed by atoms with Crippen molar-refractivity contribution < 1.29 is 14.6 Å². The molecule has 0 radical (unpaired) electrons. The summed E-state index contributed by atoms with van der Waals surface area (Å²) < 4.78 is 5.70. The topological polar surface area (TPSA) is 49.8 Å². The lowest BCUT2D eigenvalue weighted by molar-refractivity contribution is -0.155. The molecular weight excluding hydrogens is 266 g/mol. The lowest BCUT2D eigenvalue weighted by Gasteiger charge is -2.36. The minimum Gasteiger partial charge on any atom is -0.462 e. The number of ether oxygens (including phenoxy) is 1. The maximum absolute atomic E-state index is 12.4. The van der Waals surface area contributed by atoms with Crippen LogP contribution in [0.4, 0.5) is 0 Å². The van der Waals surface area contributed by atoms with E-state index in [-0.39, 0.29) is 18.7 Å². The zero-order chi connectivity index (χ0) is 14.8. The van der Waals surface area contributed by atoms with Crippen molar-refractivity contribution in [3.8, 4) is 0 Å². The van der Waals surface area contributed by atoms with E-state index in [2.05, 4.69) is 11.9 Å². The molecule has 0 aliphatic carbocycles. The Balaban J connectivity index is 1.63. The van der Waals surface area contributed by atoms with Crippen molar-refractivity contribution >= 4 is 5.97 Å². The third-order valence-electron chi connectivity index (χ3n) is 5.01. The van der Waals surface area contributed by atoms with Crippen LogP contribution in [0.5, 0.6) is 0 Å². The van der Waals surface area contributed by atoms with Crippen molar-refractivity contribution in [3.63, 3.8) is 0 Å². The second-order valence-corrected chi connectivity index (χ2v) is 6.23. The van der Waals surface area contributed by atoms with Gasteiger partial charge in [-0.05, 0) is 38.3 Å². The molecule has 3 rings (SSSR count). The Labute approximate surface area is 125 Å². The molecule has 2 heterocycles. The minimum absolute atomic E-state index is 0.00367. The summed E-state index contributed by atoms with van der Waals surface area (Å²) in [4.78, 5) is 14.8. The van der Waals surface area contributed by atoms with Crippen LogP contribution in [0.25, 0.3) is 0 Å². The van der Waals surface area contributed by atoms with E-state index in [9.17, 15) is 9.90 Å². The Kier molecular flexibility index (Phi) is 4.27. The molecule has 114 valence electrons. The summed E-state index contributed by atoms with van der Waals surface area (Å²) in [5.41, 5.74) is 0.820. The van der Waals surface area contributed by atoms with Crippen LogP contribution < -0.4 is 0 Å². The fraction of sp³-hybridized carbons (Fsp3) is 0.588. The quantitative estimate of drug-likeness (QED) is 0.861. The first-order chi connectivity index (χ1) is 10.2. The summed E-state index contributed by atoms with van der Waals surface area (Å²) in [6.45, 7) is -0.206. The molecule has 2 aliphatic heterocycles. The van der Waals surface area contributed by atoms with Crippen LogP contribution >= 0.6 is 0 Å². The number of hydrogen-bond acceptors (Lipinski definition) is 4. The zero-order valence-corrected chi connectivity index (χ0v) is 12.4. The van der Waals surface area contributed by atoms with Gasteiger partial charge < -0.3 is 14.7 Å². The second kappa shape index (κ2) is 6.16. The van der Waals surface area contributed by atoms with Crippen LogP contribution in [0.2, 0.25) is 0 Å². The summed E-state index contributed by atoms with van der Waals surface area (Å²) in [5.74, 6) is -0.860. The fourth-order valence-corrected chi connectivity index (χ4v) is 3.71. The van der Waals surface area contributed by atoms with Gasteiger partial charge >= 0.3 is 5.97 Å². The molecule has 3 unspecified atom stereocenters. The molecule has 21 heavy (non-hydrogen) atoms. The largest absolute Gasteiger partial charge is 0.462 e. The number of nitrogens with zero attached hydrogens (tertiary/aromatic N) is 1. The first kappa shape index (κ1) is 14.5. The summed E-state index contributed by atoms with van der Waals surface area (Å²) in [6, 6.07) is 10.5. The highest BCUT2D eigenvalue weighted by atomic mass is 16.5. The normalized spacial score (nSPS) is 30.1. The third-order valence-corrected chi connectivity index (χ3v) is 5.01. The number of piperidine rings is 1. The molecule has 0 aromatic heterocycles. The summed E-state index contributed by atoms with van der Waals surface area (Å²) in [5, 5.41) is 9.53. The highest BCUT2D eigenvalue weighted by Gasteiger charge is 2.40. The molecule has 2 aliphatic rings. The van der Waals surface area contributed by atoms with Gasteiger partial charge in [0.1, 0.15) is 12.0 Å². The average molecular weight is 289 g/mol. The molecule has 0 saturated carbocycles. The van der Waals surface area contributed by atoms with E-state index < -0.39 is 5.92 Å². The van der Waals surface area contributed by atoms with Gasteiger partial charge in [0.05, 0.1) is 6.61 Å². The van der Waals surface area contributed by atoms with Gasteiger partial charge in [-0.1, -0.05) is 30.3 Å². The van der Waals surface area contributed by atoms with E-state index in [0.29, 0.717) is 12.1 Å². The average Bonchev–Trinajstić information content (AvgIpc) is 2.72. The maximum Gasteiger partial charge on any atom is 0.316 e. The molecule has 1 aromatic rings. The van der Waals surface area contributed by atoms with Gasteiger partial charge in [0, 0.05) is 12.1 Å². The lowest BCUT2D eigenvalue weighted by Crippen LogP contribution is -2.43. The minimum atomic E-state index is -0.566. The van der Waals surface area contributed by atoms with Crippen molar-refractivity contribution in [3.05, 3.63) is 35.9 Å². The molecule has 4 atom stereocenters. The number of carbonyl (C=O) groups is 1. The summed E-state index contributed by atoms with van der Waals surface area (Å²) in [7, 11) is 2.17. The number of benzene rings is 1. The van der Waals surface area contributed by atoms with E-state index in [1.807, 2.05) is 30.3 Å². The van der Waals surface area contributed by atoms with Crippen molar-refractivity contribution in [2.24, 2.45) is 0 Å². The zero-order valence-electron chi connectivity index (χ0n) is 12.4. The Morgan fingerprint density at radius 3 is 2.48 bits per heavy atom. The van der Waals surface area contributed by atoms with E-state index in [0.717, 1.165) is 18.4 Å². The third kappa shape index (κ3) is 2.97. The molecule has 1 aromatic carbocycles. The monoisotopic (exact) mass is 289 g/mol. The predicted molar refractivity (Wildman–Crippen MR) is 80.0 cm³/mol. The van der Waals surface area contributed by atoms with Crippen LogP contribution in [0.3, 0.4) is 0 Å². The Morgan fingerprint density at radius 2 is 1.90 bits per heavy atom. The van der Waals surface area contributed by atoms with E-state index in [1.54, 1.807) is 0 Å². The van der Waals surface area contributed by atoms with Gasteiger partial charge in [-0.3, -0.25) is 4.79 Å². The van der Waals surface area contributed by atoms with Gasteiger partial charge in [0.25, 0.3) is 0 Å². The van der Waals surface area contributed by atoms with E-state index in [4.69, 9.17) is 4.74 Å². The fourth-order valence-electron chi connectivity index (χ4n) is 3.71. The predicted octanol–water partition coefficient (Wildman–Crippen LogP) is 1.93. The van der Waals surface area contributed by atoms with Gasteiger partial charge in [0.2, 0.25) is 0 Å². The first-order valence-corrected chi connectivity index (χ1v) is 7.77. The van der Waals surface area contributed by atoms with E-state index in [1.165, 1.54) is 12.8 Å². The van der Waals surface area contributed by atoms with Gasteiger partial charge in [-0.25, -0.2) is 0 Å². The lowest BCUT2D eigenvalue weighted by atomic mass is 9.98. The molecule has 0 amide bonds. The number of esters is 1. The molecule has 1 N–H and O–H groups in total. The van der Waals surface area contributed by atoms with Gasteiger partial charge in [-0.15, -0.1) is 0 Å². The standard InChI is InChI=1S/C17H23NO3/c1-18-13-7-8-14(18)10-15(9-13)21-17(20)16(11-19)12-5-3-2-4-6-12/h2-6,13-16,19H,7-11H2,1H3/t13-,14?,15?,16?/m0/s1. The molecule has 2 saturated heterocycles. The van der Waals surface area contributed by atoms with E-state index >= 15 is 0 Å². The molecule has 4 heteroatoms. The van der Waals surface area contributed by atoms with Crippen LogP contribution in [-0.4, -0.2) is 47.8 Å². The molecule has 4 nitrogen and oxygen atoms in total. The number of aliphatic hydroxyl groups excluding tert-OH is 1. The highest BCUT2D eigenvalue weighted by molar-refractivity contribution is 5.78. The Bertz CT molecular complexity index is 476. The molecule has 2 bridgehead atoms. The molecule has 2 fully saturated rings. The van der Waals surface area contributed by atoms with Crippen LogP contribution in [-0.2, 0) is 9.53 Å².